The summed E-state index contributed by atoms with van der Waals surface area (Å²) < 4.78 is 25.7. The van der Waals surface area contributed by atoms with Crippen LogP contribution in [0.3, 0.4) is 0 Å². The van der Waals surface area contributed by atoms with Gasteiger partial charge in [-0.1, -0.05) is 18.2 Å². The van der Waals surface area contributed by atoms with Crippen LogP contribution in [-0.2, 0) is 10.0 Å². The van der Waals surface area contributed by atoms with Crippen LogP contribution in [0.25, 0.3) is 0 Å². The molecule has 0 aromatic heterocycles. The van der Waals surface area contributed by atoms with Crippen molar-refractivity contribution in [3.63, 3.8) is 0 Å². The van der Waals surface area contributed by atoms with E-state index in [0.29, 0.717) is 5.69 Å². The maximum absolute atomic E-state index is 12.2. The zero-order valence-electron chi connectivity index (χ0n) is 11.8. The van der Waals surface area contributed by atoms with E-state index in [9.17, 15) is 13.2 Å². The van der Waals surface area contributed by atoms with Crippen molar-refractivity contribution >= 4 is 21.6 Å². The van der Waals surface area contributed by atoms with E-state index in [0.717, 1.165) is 5.56 Å². The van der Waals surface area contributed by atoms with Crippen LogP contribution in [0.1, 0.15) is 15.9 Å². The third kappa shape index (κ3) is 3.68. The molecule has 2 rings (SSSR count). The summed E-state index contributed by atoms with van der Waals surface area (Å²) >= 11 is 0. The Balaban J connectivity index is 2.26. The van der Waals surface area contributed by atoms with E-state index in [1.807, 2.05) is 25.1 Å². The summed E-state index contributed by atoms with van der Waals surface area (Å²) in [6, 6.07) is 13.3. The maximum Gasteiger partial charge on any atom is 0.255 e. The van der Waals surface area contributed by atoms with Gasteiger partial charge in [0.2, 0.25) is 10.0 Å². The maximum atomic E-state index is 12.2. The number of anilines is 1. The van der Waals surface area contributed by atoms with Crippen molar-refractivity contribution in [3.05, 3.63) is 59.7 Å². The van der Waals surface area contributed by atoms with Crippen LogP contribution in [0.5, 0.6) is 0 Å². The third-order valence-electron chi connectivity index (χ3n) is 2.95. The second-order valence-electron chi connectivity index (χ2n) is 4.56. The van der Waals surface area contributed by atoms with Crippen LogP contribution in [0.2, 0.25) is 0 Å². The quantitative estimate of drug-likeness (QED) is 0.909. The Kier molecular flexibility index (Phi) is 4.40. The van der Waals surface area contributed by atoms with Crippen molar-refractivity contribution in [2.45, 2.75) is 11.8 Å². The second kappa shape index (κ2) is 6.07. The SMILES string of the molecule is CNS(=O)(=O)c1cccc(C(=O)Nc2cccc(C)c2)c1. The van der Waals surface area contributed by atoms with Gasteiger partial charge in [0.25, 0.3) is 5.91 Å². The molecular formula is C15H16N2O3S. The van der Waals surface area contributed by atoms with E-state index < -0.39 is 10.0 Å². The molecule has 0 bridgehead atoms. The number of sulfonamides is 1. The molecule has 0 aliphatic rings. The Morgan fingerprint density at radius 1 is 1.05 bits per heavy atom. The molecule has 2 aromatic rings. The Morgan fingerprint density at radius 3 is 2.43 bits per heavy atom. The zero-order valence-corrected chi connectivity index (χ0v) is 12.6. The molecule has 0 radical (unpaired) electrons. The third-order valence-corrected chi connectivity index (χ3v) is 4.36. The molecule has 0 aliphatic heterocycles. The summed E-state index contributed by atoms with van der Waals surface area (Å²) in [6.07, 6.45) is 0. The Morgan fingerprint density at radius 2 is 1.76 bits per heavy atom. The summed E-state index contributed by atoms with van der Waals surface area (Å²) in [4.78, 5) is 12.2. The Bertz CT molecular complexity index is 770. The Hall–Kier alpha value is -2.18. The van der Waals surface area contributed by atoms with Crippen LogP contribution >= 0.6 is 0 Å². The van der Waals surface area contributed by atoms with Gasteiger partial charge >= 0.3 is 0 Å². The number of hydrogen-bond donors (Lipinski definition) is 2. The van der Waals surface area contributed by atoms with Crippen LogP contribution in [0, 0.1) is 6.92 Å². The molecule has 0 heterocycles. The van der Waals surface area contributed by atoms with Gasteiger partial charge in [-0.15, -0.1) is 0 Å². The van der Waals surface area contributed by atoms with E-state index >= 15 is 0 Å². The molecule has 110 valence electrons. The van der Waals surface area contributed by atoms with Gasteiger partial charge in [-0.05, 0) is 49.9 Å². The van der Waals surface area contributed by atoms with Gasteiger partial charge in [-0.2, -0.15) is 0 Å². The number of amides is 1. The second-order valence-corrected chi connectivity index (χ2v) is 6.45. The number of benzene rings is 2. The molecule has 6 heteroatoms. The smallest absolute Gasteiger partial charge is 0.255 e. The lowest BCUT2D eigenvalue weighted by Crippen LogP contribution is -2.19. The average Bonchev–Trinajstić information content (AvgIpc) is 2.47. The van der Waals surface area contributed by atoms with Gasteiger partial charge < -0.3 is 5.32 Å². The average molecular weight is 304 g/mol. The highest BCUT2D eigenvalue weighted by molar-refractivity contribution is 7.89. The number of carbonyl (C=O) groups is 1. The van der Waals surface area contributed by atoms with Crippen molar-refractivity contribution in [1.82, 2.24) is 4.72 Å². The van der Waals surface area contributed by atoms with Crippen molar-refractivity contribution in [3.8, 4) is 0 Å². The van der Waals surface area contributed by atoms with Gasteiger partial charge in [0.05, 0.1) is 4.90 Å². The molecule has 2 aromatic carbocycles. The molecule has 0 saturated heterocycles. The van der Waals surface area contributed by atoms with Gasteiger partial charge in [0.15, 0.2) is 0 Å². The molecule has 0 unspecified atom stereocenters. The molecular weight excluding hydrogens is 288 g/mol. The summed E-state index contributed by atoms with van der Waals surface area (Å²) in [5.41, 5.74) is 1.98. The van der Waals surface area contributed by atoms with Gasteiger partial charge in [-0.3, -0.25) is 4.79 Å². The standard InChI is InChI=1S/C15H16N2O3S/c1-11-5-3-7-13(9-11)17-15(18)12-6-4-8-14(10-12)21(19,20)16-2/h3-10,16H,1-2H3,(H,17,18). The monoisotopic (exact) mass is 304 g/mol. The van der Waals surface area contributed by atoms with Crippen molar-refractivity contribution in [2.24, 2.45) is 0 Å². The fourth-order valence-corrected chi connectivity index (χ4v) is 2.62. The molecule has 0 atom stereocenters. The highest BCUT2D eigenvalue weighted by Gasteiger charge is 2.14. The number of carbonyl (C=O) groups excluding carboxylic acids is 1. The fraction of sp³-hybridized carbons (Fsp3) is 0.133. The van der Waals surface area contributed by atoms with E-state index in [4.69, 9.17) is 0 Å². The first kappa shape index (κ1) is 15.2. The lowest BCUT2D eigenvalue weighted by atomic mass is 10.2. The van der Waals surface area contributed by atoms with Crippen LogP contribution in [0.15, 0.2) is 53.4 Å². The first-order valence-corrected chi connectivity index (χ1v) is 7.82. The van der Waals surface area contributed by atoms with E-state index in [1.165, 1.54) is 25.2 Å². The lowest BCUT2D eigenvalue weighted by molar-refractivity contribution is 0.102. The van der Waals surface area contributed by atoms with E-state index in [-0.39, 0.29) is 16.4 Å². The predicted octanol–water partition coefficient (Wildman–Crippen LogP) is 2.16. The highest BCUT2D eigenvalue weighted by Crippen LogP contribution is 2.14. The molecule has 5 nitrogen and oxygen atoms in total. The van der Waals surface area contributed by atoms with Crippen molar-refractivity contribution in [1.29, 1.82) is 0 Å². The molecule has 1 amide bonds. The lowest BCUT2D eigenvalue weighted by Gasteiger charge is -2.08. The number of aryl methyl sites for hydroxylation is 1. The molecule has 0 fully saturated rings. The zero-order chi connectivity index (χ0) is 15.5. The summed E-state index contributed by atoms with van der Waals surface area (Å²) in [5.74, 6) is -0.353. The van der Waals surface area contributed by atoms with Gasteiger partial charge in [-0.25, -0.2) is 13.1 Å². The fourth-order valence-electron chi connectivity index (χ4n) is 1.85. The van der Waals surface area contributed by atoms with Crippen LogP contribution < -0.4 is 10.0 Å². The topological polar surface area (TPSA) is 75.3 Å². The molecule has 0 aliphatic carbocycles. The first-order chi connectivity index (χ1) is 9.92. The Labute approximate surface area is 124 Å². The molecule has 0 saturated carbocycles. The van der Waals surface area contributed by atoms with Crippen molar-refractivity contribution in [2.75, 3.05) is 12.4 Å². The van der Waals surface area contributed by atoms with Crippen LogP contribution in [-0.4, -0.2) is 21.4 Å². The summed E-state index contributed by atoms with van der Waals surface area (Å²) in [7, 11) is -2.24. The number of hydrogen-bond acceptors (Lipinski definition) is 3. The highest BCUT2D eigenvalue weighted by atomic mass is 32.2. The predicted molar refractivity (Wildman–Crippen MR) is 81.8 cm³/mol. The first-order valence-electron chi connectivity index (χ1n) is 6.34. The minimum Gasteiger partial charge on any atom is -0.322 e. The summed E-state index contributed by atoms with van der Waals surface area (Å²) in [6.45, 7) is 1.93. The van der Waals surface area contributed by atoms with Gasteiger partial charge in [0.1, 0.15) is 0 Å². The molecule has 0 spiro atoms. The minimum atomic E-state index is -3.56. The summed E-state index contributed by atoms with van der Waals surface area (Å²) in [5, 5.41) is 2.74. The largest absolute Gasteiger partial charge is 0.322 e. The minimum absolute atomic E-state index is 0.0573. The number of nitrogens with one attached hydrogen (secondary N) is 2. The molecule has 21 heavy (non-hydrogen) atoms. The molecule has 2 N–H and O–H groups in total. The van der Waals surface area contributed by atoms with E-state index in [2.05, 4.69) is 10.0 Å². The number of rotatable bonds is 4. The van der Waals surface area contributed by atoms with Crippen molar-refractivity contribution < 1.29 is 13.2 Å². The van der Waals surface area contributed by atoms with Crippen LogP contribution in [0.4, 0.5) is 5.69 Å². The van der Waals surface area contributed by atoms with E-state index in [1.54, 1.807) is 12.1 Å². The normalized spacial score (nSPS) is 11.1. The van der Waals surface area contributed by atoms with Gasteiger partial charge in [0, 0.05) is 11.3 Å².